The first-order valence-corrected chi connectivity index (χ1v) is 10.9. The smallest absolute Gasteiger partial charge is 0.306 e. The fourth-order valence-electron chi connectivity index (χ4n) is 3.15. The number of halogens is 2. The minimum Gasteiger partial charge on any atom is -0.456 e. The molecule has 0 saturated heterocycles. The van der Waals surface area contributed by atoms with E-state index in [2.05, 4.69) is 21.2 Å². The first-order valence-electron chi connectivity index (χ1n) is 9.72. The highest BCUT2D eigenvalue weighted by atomic mass is 79.9. The molecule has 0 saturated carbocycles. The molecule has 2 aromatic rings. The number of benzene rings is 2. The number of hydrogen-bond acceptors (Lipinski definition) is 5. The highest BCUT2D eigenvalue weighted by Gasteiger charge is 2.34. The van der Waals surface area contributed by atoms with Crippen LogP contribution < -0.4 is 5.32 Å². The number of carbonyl (C=O) groups is 4. The first-order chi connectivity index (χ1) is 14.9. The van der Waals surface area contributed by atoms with Crippen molar-refractivity contribution in [1.82, 2.24) is 4.90 Å². The molecule has 3 rings (SSSR count). The third-order valence-electron chi connectivity index (χ3n) is 4.71. The van der Waals surface area contributed by atoms with Gasteiger partial charge in [-0.05, 0) is 43.2 Å². The Labute approximate surface area is 192 Å². The molecule has 0 radical (unpaired) electrons. The molecule has 1 aliphatic heterocycles. The quantitative estimate of drug-likeness (QED) is 0.308. The number of fused-ring (bicyclic) bond motifs is 1. The lowest BCUT2D eigenvalue weighted by molar-refractivity contribution is -0.147. The third kappa shape index (κ3) is 5.92. The predicted molar refractivity (Wildman–Crippen MR) is 119 cm³/mol. The number of esters is 1. The number of ether oxygens (including phenoxy) is 1. The predicted octanol–water partition coefficient (Wildman–Crippen LogP) is 4.44. The Morgan fingerprint density at radius 3 is 2.32 bits per heavy atom. The summed E-state index contributed by atoms with van der Waals surface area (Å²) in [7, 11) is 0. The highest BCUT2D eigenvalue weighted by Crippen LogP contribution is 2.25. The minimum absolute atomic E-state index is 0.147. The van der Waals surface area contributed by atoms with Crippen molar-refractivity contribution >= 4 is 56.9 Å². The maximum absolute atomic E-state index is 12.3. The fraction of sp³-hybridized carbons (Fsp3) is 0.273. The van der Waals surface area contributed by atoms with Gasteiger partial charge in [0, 0.05) is 17.4 Å². The number of carbonyl (C=O) groups excluding carboxylic acids is 4. The number of anilines is 1. The SMILES string of the molecule is O=C(COC(=O)CCCCCN1C(=O)c2ccccc2C1=O)Nc1ccc(Br)cc1Cl. The van der Waals surface area contributed by atoms with Crippen molar-refractivity contribution in [2.45, 2.75) is 25.7 Å². The molecule has 31 heavy (non-hydrogen) atoms. The van der Waals surface area contributed by atoms with Crippen LogP contribution in [-0.2, 0) is 14.3 Å². The lowest BCUT2D eigenvalue weighted by atomic mass is 10.1. The van der Waals surface area contributed by atoms with E-state index in [1.807, 2.05) is 0 Å². The van der Waals surface area contributed by atoms with Gasteiger partial charge in [-0.2, -0.15) is 0 Å². The molecule has 7 nitrogen and oxygen atoms in total. The summed E-state index contributed by atoms with van der Waals surface area (Å²) in [6.45, 7) is -0.0992. The van der Waals surface area contributed by atoms with Crippen molar-refractivity contribution in [1.29, 1.82) is 0 Å². The largest absolute Gasteiger partial charge is 0.456 e. The summed E-state index contributed by atoms with van der Waals surface area (Å²) >= 11 is 9.30. The second-order valence-corrected chi connectivity index (χ2v) is 8.27. The van der Waals surface area contributed by atoms with Crippen LogP contribution in [0.25, 0.3) is 0 Å². The average molecular weight is 508 g/mol. The number of hydrogen-bond donors (Lipinski definition) is 1. The Morgan fingerprint density at radius 1 is 1.00 bits per heavy atom. The van der Waals surface area contributed by atoms with Gasteiger partial charge < -0.3 is 10.1 Å². The average Bonchev–Trinajstić information content (AvgIpc) is 2.99. The van der Waals surface area contributed by atoms with E-state index in [-0.39, 0.29) is 18.2 Å². The normalized spacial score (nSPS) is 12.6. The summed E-state index contributed by atoms with van der Waals surface area (Å²) in [5, 5.41) is 2.95. The molecular weight excluding hydrogens is 488 g/mol. The first kappa shape index (κ1) is 23.0. The Morgan fingerprint density at radius 2 is 1.68 bits per heavy atom. The van der Waals surface area contributed by atoms with Crippen LogP contribution in [0.4, 0.5) is 5.69 Å². The molecule has 1 aliphatic rings. The van der Waals surface area contributed by atoms with Crippen LogP contribution in [0.5, 0.6) is 0 Å². The fourth-order valence-corrected chi connectivity index (χ4v) is 3.87. The van der Waals surface area contributed by atoms with Crippen LogP contribution in [0, 0.1) is 0 Å². The van der Waals surface area contributed by atoms with E-state index in [1.165, 1.54) is 4.90 Å². The maximum atomic E-state index is 12.3. The molecule has 0 aliphatic carbocycles. The molecule has 9 heteroatoms. The van der Waals surface area contributed by atoms with E-state index >= 15 is 0 Å². The molecule has 1 N–H and O–H groups in total. The van der Waals surface area contributed by atoms with Gasteiger partial charge in [-0.25, -0.2) is 0 Å². The Bertz CT molecular complexity index is 992. The molecule has 2 aromatic carbocycles. The summed E-state index contributed by atoms with van der Waals surface area (Å²) in [6.07, 6.45) is 1.90. The Kier molecular flexibility index (Phi) is 7.81. The molecule has 0 aromatic heterocycles. The van der Waals surface area contributed by atoms with Gasteiger partial charge in [0.2, 0.25) is 0 Å². The van der Waals surface area contributed by atoms with Gasteiger partial charge in [0.25, 0.3) is 17.7 Å². The topological polar surface area (TPSA) is 92.8 Å². The van der Waals surface area contributed by atoms with Crippen LogP contribution >= 0.6 is 27.5 Å². The lowest BCUT2D eigenvalue weighted by Gasteiger charge is -2.13. The van der Waals surface area contributed by atoms with Crippen LogP contribution in [0.15, 0.2) is 46.9 Å². The zero-order valence-corrected chi connectivity index (χ0v) is 18.9. The van der Waals surface area contributed by atoms with Gasteiger partial charge in [-0.1, -0.05) is 46.1 Å². The molecule has 0 unspecified atom stereocenters. The Balaban J connectivity index is 1.31. The minimum atomic E-state index is -0.488. The zero-order valence-electron chi connectivity index (χ0n) is 16.5. The van der Waals surface area contributed by atoms with E-state index in [1.54, 1.807) is 42.5 Å². The number of unbranched alkanes of at least 4 members (excludes halogenated alkanes) is 2. The molecule has 0 fully saturated rings. The number of nitrogens with zero attached hydrogens (tertiary/aromatic N) is 1. The highest BCUT2D eigenvalue weighted by molar-refractivity contribution is 9.10. The van der Waals surface area contributed by atoms with Gasteiger partial charge in [0.1, 0.15) is 0 Å². The number of rotatable bonds is 9. The van der Waals surface area contributed by atoms with E-state index in [9.17, 15) is 19.2 Å². The van der Waals surface area contributed by atoms with Gasteiger partial charge in [-0.3, -0.25) is 24.1 Å². The summed E-state index contributed by atoms with van der Waals surface area (Å²) in [4.78, 5) is 49.5. The van der Waals surface area contributed by atoms with E-state index in [4.69, 9.17) is 16.3 Å². The van der Waals surface area contributed by atoms with Crippen molar-refractivity contribution in [3.8, 4) is 0 Å². The van der Waals surface area contributed by atoms with Crippen molar-refractivity contribution in [3.05, 3.63) is 63.1 Å². The molecular formula is C22H20BrClN2O5. The summed E-state index contributed by atoms with van der Waals surface area (Å²) < 4.78 is 5.76. The summed E-state index contributed by atoms with van der Waals surface area (Å²) in [5.74, 6) is -1.53. The molecule has 162 valence electrons. The van der Waals surface area contributed by atoms with Gasteiger partial charge in [0.05, 0.1) is 21.8 Å². The molecule has 0 atom stereocenters. The third-order valence-corrected chi connectivity index (χ3v) is 5.52. The van der Waals surface area contributed by atoms with E-state index in [0.29, 0.717) is 47.6 Å². The van der Waals surface area contributed by atoms with E-state index in [0.717, 1.165) is 4.47 Å². The van der Waals surface area contributed by atoms with Crippen molar-refractivity contribution in [2.24, 2.45) is 0 Å². The summed E-state index contributed by atoms with van der Waals surface area (Å²) in [6, 6.07) is 11.8. The van der Waals surface area contributed by atoms with Gasteiger partial charge >= 0.3 is 5.97 Å². The second-order valence-electron chi connectivity index (χ2n) is 6.95. The number of imide groups is 1. The maximum Gasteiger partial charge on any atom is 0.306 e. The zero-order chi connectivity index (χ0) is 22.4. The standard InChI is InChI=1S/C22H20BrClN2O5/c23-14-9-10-18(17(24)12-14)25-19(27)13-31-20(28)8-2-1-5-11-26-21(29)15-6-3-4-7-16(15)22(26)30/h3-4,6-7,9-10,12H,1-2,5,8,11,13H2,(H,25,27). The Hall–Kier alpha value is -2.71. The van der Waals surface area contributed by atoms with Gasteiger partial charge in [0.15, 0.2) is 6.61 Å². The van der Waals surface area contributed by atoms with Crippen LogP contribution in [0.2, 0.25) is 5.02 Å². The monoisotopic (exact) mass is 506 g/mol. The van der Waals surface area contributed by atoms with E-state index < -0.39 is 18.5 Å². The van der Waals surface area contributed by atoms with Crippen molar-refractivity contribution in [3.63, 3.8) is 0 Å². The van der Waals surface area contributed by atoms with Gasteiger partial charge in [-0.15, -0.1) is 0 Å². The molecule has 3 amide bonds. The van der Waals surface area contributed by atoms with Crippen LogP contribution in [0.1, 0.15) is 46.4 Å². The van der Waals surface area contributed by atoms with Crippen molar-refractivity contribution in [2.75, 3.05) is 18.5 Å². The number of amides is 3. The molecule has 0 spiro atoms. The summed E-state index contributed by atoms with van der Waals surface area (Å²) in [5.41, 5.74) is 1.29. The van der Waals surface area contributed by atoms with Crippen molar-refractivity contribution < 1.29 is 23.9 Å². The lowest BCUT2D eigenvalue weighted by Crippen LogP contribution is -2.30. The van der Waals surface area contributed by atoms with Crippen LogP contribution in [0.3, 0.4) is 0 Å². The van der Waals surface area contributed by atoms with Crippen LogP contribution in [-0.4, -0.2) is 41.7 Å². The second kappa shape index (κ2) is 10.5. The number of nitrogens with one attached hydrogen (secondary N) is 1. The molecule has 1 heterocycles. The molecule has 0 bridgehead atoms.